The Balaban J connectivity index is 0.000000252. The van der Waals surface area contributed by atoms with E-state index in [1.165, 1.54) is 29.1 Å². The molecule has 0 radical (unpaired) electrons. The van der Waals surface area contributed by atoms with Gasteiger partial charge >= 0.3 is 5.97 Å². The molecule has 0 saturated carbocycles. The monoisotopic (exact) mass is 412 g/mol. The highest BCUT2D eigenvalue weighted by molar-refractivity contribution is 7.20. The molecule has 7 nitrogen and oxygen atoms in total. The summed E-state index contributed by atoms with van der Waals surface area (Å²) in [6.45, 7) is 0.850. The molecule has 3 aromatic heterocycles. The van der Waals surface area contributed by atoms with Crippen LogP contribution in [0.3, 0.4) is 0 Å². The zero-order chi connectivity index (χ0) is 20.8. The van der Waals surface area contributed by atoms with Gasteiger partial charge in [0.2, 0.25) is 0 Å². The van der Waals surface area contributed by atoms with Crippen LogP contribution in [0, 0.1) is 5.82 Å². The van der Waals surface area contributed by atoms with Gasteiger partial charge in [-0.15, -0.1) is 11.3 Å². The molecule has 148 valence electrons. The molecule has 0 aliphatic heterocycles. The molecule has 4 aromatic rings. The minimum atomic E-state index is -1.08. The molecule has 4 rings (SSSR count). The van der Waals surface area contributed by atoms with E-state index in [0.29, 0.717) is 11.4 Å². The van der Waals surface area contributed by atoms with Crippen molar-refractivity contribution in [2.75, 3.05) is 0 Å². The number of carboxylic acids is 1. The van der Waals surface area contributed by atoms with E-state index in [9.17, 15) is 14.0 Å². The summed E-state index contributed by atoms with van der Waals surface area (Å²) in [5.74, 6) is -1.42. The summed E-state index contributed by atoms with van der Waals surface area (Å²) >= 11 is 0.963. The van der Waals surface area contributed by atoms with Crippen LogP contribution in [0.2, 0.25) is 0 Å². The molecule has 1 aromatic carbocycles. The lowest BCUT2D eigenvalue weighted by atomic mass is 10.2. The van der Waals surface area contributed by atoms with Crippen LogP contribution in [-0.2, 0) is 13.1 Å². The second-order valence-electron chi connectivity index (χ2n) is 6.00. The maximum atomic E-state index is 12.9. The van der Waals surface area contributed by atoms with Gasteiger partial charge in [-0.25, -0.2) is 14.2 Å². The van der Waals surface area contributed by atoms with Crippen molar-refractivity contribution in [2.24, 2.45) is 5.73 Å². The molecule has 0 fully saturated rings. The first kappa shape index (κ1) is 20.3. The maximum Gasteiger partial charge on any atom is 0.345 e. The molecule has 3 N–H and O–H groups in total. The Bertz CT molecular complexity index is 1170. The summed E-state index contributed by atoms with van der Waals surface area (Å²) in [6, 6.07) is 10.9. The number of aromatic nitrogens is 3. The van der Waals surface area contributed by atoms with Gasteiger partial charge in [0.25, 0.3) is 5.56 Å². The number of aromatic carboxylic acids is 1. The second-order valence-corrected chi connectivity index (χ2v) is 7.03. The number of carboxylic acid groups (broad SMARTS) is 1. The molecular weight excluding hydrogens is 395 g/mol. The molecule has 0 aliphatic rings. The number of benzene rings is 1. The van der Waals surface area contributed by atoms with Crippen LogP contribution in [-0.4, -0.2) is 25.6 Å². The van der Waals surface area contributed by atoms with Crippen molar-refractivity contribution in [1.29, 1.82) is 0 Å². The SMILES string of the molecule is NCc1ccncc1.O=C(O)c1cc2c(=O)n(Cc3ccc(F)cc3)cnc2s1. The minimum absolute atomic E-state index is 0.0779. The number of pyridine rings is 1. The minimum Gasteiger partial charge on any atom is -0.477 e. The fourth-order valence-corrected chi connectivity index (χ4v) is 3.31. The van der Waals surface area contributed by atoms with Crippen LogP contribution in [0.1, 0.15) is 20.8 Å². The number of carbonyl (C=O) groups is 1. The number of halogens is 1. The van der Waals surface area contributed by atoms with Crippen molar-refractivity contribution in [3.8, 4) is 0 Å². The van der Waals surface area contributed by atoms with E-state index in [1.807, 2.05) is 12.1 Å². The highest BCUT2D eigenvalue weighted by Gasteiger charge is 2.13. The third-order valence-electron chi connectivity index (χ3n) is 3.98. The number of nitrogens with zero attached hydrogens (tertiary/aromatic N) is 3. The van der Waals surface area contributed by atoms with Crippen LogP contribution < -0.4 is 11.3 Å². The van der Waals surface area contributed by atoms with Gasteiger partial charge < -0.3 is 10.8 Å². The molecule has 0 atom stereocenters. The van der Waals surface area contributed by atoms with Gasteiger partial charge in [-0.2, -0.15) is 0 Å². The summed E-state index contributed by atoms with van der Waals surface area (Å²) < 4.78 is 14.2. The van der Waals surface area contributed by atoms with Crippen LogP contribution in [0.15, 0.2) is 66.0 Å². The highest BCUT2D eigenvalue weighted by Crippen LogP contribution is 2.20. The van der Waals surface area contributed by atoms with Crippen molar-refractivity contribution in [3.05, 3.63) is 93.4 Å². The van der Waals surface area contributed by atoms with E-state index in [2.05, 4.69) is 9.97 Å². The molecule has 3 heterocycles. The van der Waals surface area contributed by atoms with E-state index in [4.69, 9.17) is 10.8 Å². The van der Waals surface area contributed by atoms with Crippen LogP contribution in [0.4, 0.5) is 4.39 Å². The molecule has 0 aliphatic carbocycles. The van der Waals surface area contributed by atoms with E-state index in [0.717, 1.165) is 22.5 Å². The van der Waals surface area contributed by atoms with Crippen molar-refractivity contribution in [1.82, 2.24) is 14.5 Å². The Morgan fingerprint density at radius 3 is 2.41 bits per heavy atom. The number of nitrogens with two attached hydrogens (primary N) is 1. The number of hydrogen-bond donors (Lipinski definition) is 2. The number of hydrogen-bond acceptors (Lipinski definition) is 6. The average molecular weight is 412 g/mol. The summed E-state index contributed by atoms with van der Waals surface area (Å²) in [7, 11) is 0. The first-order valence-corrected chi connectivity index (χ1v) is 9.35. The lowest BCUT2D eigenvalue weighted by molar-refractivity contribution is 0.0702. The zero-order valence-electron chi connectivity index (χ0n) is 15.2. The van der Waals surface area contributed by atoms with E-state index < -0.39 is 5.97 Å². The highest BCUT2D eigenvalue weighted by atomic mass is 32.1. The second kappa shape index (κ2) is 9.18. The average Bonchev–Trinajstić information content (AvgIpc) is 3.18. The Morgan fingerprint density at radius 2 is 1.83 bits per heavy atom. The molecular formula is C20H17FN4O3S. The van der Waals surface area contributed by atoms with Gasteiger partial charge in [-0.05, 0) is 41.5 Å². The largest absolute Gasteiger partial charge is 0.477 e. The lowest BCUT2D eigenvalue weighted by Gasteiger charge is -2.05. The standard InChI is InChI=1S/C14H9FN2O3S.C6H8N2/c15-9-3-1-8(2-4-9)6-17-7-16-12-10(13(17)18)5-11(21-12)14(19)20;7-5-6-1-3-8-4-2-6/h1-5,7H,6H2,(H,19,20);1-4H,5,7H2. The van der Waals surface area contributed by atoms with Gasteiger partial charge in [-0.3, -0.25) is 14.3 Å². The molecule has 0 spiro atoms. The Hall–Kier alpha value is -3.43. The fourth-order valence-electron chi connectivity index (χ4n) is 2.48. The van der Waals surface area contributed by atoms with Crippen molar-refractivity contribution in [2.45, 2.75) is 13.1 Å². The summed E-state index contributed by atoms with van der Waals surface area (Å²) in [5, 5.41) is 9.23. The van der Waals surface area contributed by atoms with Crippen LogP contribution in [0.5, 0.6) is 0 Å². The Morgan fingerprint density at radius 1 is 1.14 bits per heavy atom. The lowest BCUT2D eigenvalue weighted by Crippen LogP contribution is -2.20. The predicted octanol–water partition coefficient (Wildman–Crippen LogP) is 2.88. The van der Waals surface area contributed by atoms with E-state index >= 15 is 0 Å². The maximum absolute atomic E-state index is 12.9. The predicted molar refractivity (Wildman–Crippen MR) is 108 cm³/mol. The topological polar surface area (TPSA) is 111 Å². The molecule has 0 unspecified atom stereocenters. The molecule has 29 heavy (non-hydrogen) atoms. The summed E-state index contributed by atoms with van der Waals surface area (Å²) in [6.07, 6.45) is 4.85. The third kappa shape index (κ3) is 5.09. The number of rotatable bonds is 4. The third-order valence-corrected chi connectivity index (χ3v) is 5.01. The fraction of sp³-hybridized carbons (Fsp3) is 0.100. The first-order chi connectivity index (χ1) is 14.0. The van der Waals surface area contributed by atoms with E-state index in [-0.39, 0.29) is 28.2 Å². The van der Waals surface area contributed by atoms with Crippen LogP contribution in [0.25, 0.3) is 10.2 Å². The quantitative estimate of drug-likeness (QED) is 0.533. The number of fused-ring (bicyclic) bond motifs is 1. The molecule has 0 amide bonds. The van der Waals surface area contributed by atoms with Gasteiger partial charge in [0.05, 0.1) is 18.3 Å². The van der Waals surface area contributed by atoms with Gasteiger partial charge in [0.1, 0.15) is 15.5 Å². The molecule has 0 saturated heterocycles. The van der Waals surface area contributed by atoms with Gasteiger partial charge in [0, 0.05) is 18.9 Å². The summed E-state index contributed by atoms with van der Waals surface area (Å²) in [5.41, 5.74) is 6.89. The number of thiophene rings is 1. The Labute approximate surface area is 168 Å². The van der Waals surface area contributed by atoms with Crippen molar-refractivity contribution < 1.29 is 14.3 Å². The van der Waals surface area contributed by atoms with Gasteiger partial charge in [-0.1, -0.05) is 12.1 Å². The smallest absolute Gasteiger partial charge is 0.345 e. The van der Waals surface area contributed by atoms with E-state index in [1.54, 1.807) is 24.5 Å². The van der Waals surface area contributed by atoms with Gasteiger partial charge in [0.15, 0.2) is 0 Å². The molecule has 0 bridgehead atoms. The first-order valence-electron chi connectivity index (χ1n) is 8.53. The summed E-state index contributed by atoms with van der Waals surface area (Å²) in [4.78, 5) is 31.6. The van der Waals surface area contributed by atoms with Crippen LogP contribution >= 0.6 is 11.3 Å². The zero-order valence-corrected chi connectivity index (χ0v) is 16.0. The molecule has 9 heteroatoms. The van der Waals surface area contributed by atoms with Crippen molar-refractivity contribution >= 4 is 27.5 Å². The normalized spacial score (nSPS) is 10.4. The Kier molecular flexibility index (Phi) is 6.43. The van der Waals surface area contributed by atoms with Crippen molar-refractivity contribution in [3.63, 3.8) is 0 Å².